The molecule has 0 radical (unpaired) electrons. The number of hydrogen-bond acceptors (Lipinski definition) is 2. The SMILES string of the molecule is CC[C@@H]1CCC[C@@H](NCCc2cccnc2)C1. The third-order valence-corrected chi connectivity index (χ3v) is 3.93. The highest BCUT2D eigenvalue weighted by Crippen LogP contribution is 2.26. The highest BCUT2D eigenvalue weighted by Gasteiger charge is 2.19. The summed E-state index contributed by atoms with van der Waals surface area (Å²) < 4.78 is 0. The van der Waals surface area contributed by atoms with E-state index in [0.29, 0.717) is 0 Å². The van der Waals surface area contributed by atoms with Gasteiger partial charge in [-0.25, -0.2) is 0 Å². The molecular weight excluding hydrogens is 208 g/mol. The van der Waals surface area contributed by atoms with Crippen LogP contribution < -0.4 is 5.32 Å². The van der Waals surface area contributed by atoms with E-state index in [-0.39, 0.29) is 0 Å². The minimum atomic E-state index is 0.755. The van der Waals surface area contributed by atoms with Crippen LogP contribution in [0.3, 0.4) is 0 Å². The van der Waals surface area contributed by atoms with E-state index in [0.717, 1.165) is 24.9 Å². The fraction of sp³-hybridized carbons (Fsp3) is 0.667. The molecule has 0 amide bonds. The topological polar surface area (TPSA) is 24.9 Å². The summed E-state index contributed by atoms with van der Waals surface area (Å²) in [5.74, 6) is 0.958. The monoisotopic (exact) mass is 232 g/mol. The molecule has 2 rings (SSSR count). The predicted octanol–water partition coefficient (Wildman–Crippen LogP) is 3.18. The van der Waals surface area contributed by atoms with Crippen LogP contribution in [0.1, 0.15) is 44.6 Å². The predicted molar refractivity (Wildman–Crippen MR) is 72.0 cm³/mol. The van der Waals surface area contributed by atoms with E-state index in [1.807, 2.05) is 18.5 Å². The fourth-order valence-corrected chi connectivity index (χ4v) is 2.81. The van der Waals surface area contributed by atoms with Gasteiger partial charge in [0, 0.05) is 18.4 Å². The van der Waals surface area contributed by atoms with Crippen molar-refractivity contribution in [2.45, 2.75) is 51.5 Å². The number of aromatic nitrogens is 1. The third kappa shape index (κ3) is 4.12. The summed E-state index contributed by atoms with van der Waals surface area (Å²) in [6.07, 6.45) is 11.8. The lowest BCUT2D eigenvalue weighted by Gasteiger charge is -2.29. The Balaban J connectivity index is 1.68. The summed E-state index contributed by atoms with van der Waals surface area (Å²) in [6, 6.07) is 4.93. The Morgan fingerprint density at radius 1 is 1.41 bits per heavy atom. The number of rotatable bonds is 5. The van der Waals surface area contributed by atoms with Gasteiger partial charge in [0.05, 0.1) is 0 Å². The molecule has 0 unspecified atom stereocenters. The summed E-state index contributed by atoms with van der Waals surface area (Å²) in [5, 5.41) is 3.71. The van der Waals surface area contributed by atoms with Crippen molar-refractivity contribution in [1.29, 1.82) is 0 Å². The summed E-state index contributed by atoms with van der Waals surface area (Å²) in [6.45, 7) is 3.41. The Morgan fingerprint density at radius 2 is 2.35 bits per heavy atom. The molecule has 0 saturated heterocycles. The lowest BCUT2D eigenvalue weighted by Crippen LogP contribution is -2.35. The highest BCUT2D eigenvalue weighted by atomic mass is 14.9. The smallest absolute Gasteiger partial charge is 0.0300 e. The minimum Gasteiger partial charge on any atom is -0.314 e. The summed E-state index contributed by atoms with van der Waals surface area (Å²) in [5.41, 5.74) is 1.34. The highest BCUT2D eigenvalue weighted by molar-refractivity contribution is 5.08. The van der Waals surface area contributed by atoms with E-state index < -0.39 is 0 Å². The van der Waals surface area contributed by atoms with Crippen LogP contribution in [-0.2, 0) is 6.42 Å². The molecule has 17 heavy (non-hydrogen) atoms. The molecule has 1 aliphatic carbocycles. The quantitative estimate of drug-likeness (QED) is 0.843. The second-order valence-corrected chi connectivity index (χ2v) is 5.20. The van der Waals surface area contributed by atoms with Crippen LogP contribution in [-0.4, -0.2) is 17.6 Å². The van der Waals surface area contributed by atoms with Gasteiger partial charge in [0.25, 0.3) is 0 Å². The summed E-state index contributed by atoms with van der Waals surface area (Å²) >= 11 is 0. The van der Waals surface area contributed by atoms with E-state index in [4.69, 9.17) is 0 Å². The van der Waals surface area contributed by atoms with Crippen molar-refractivity contribution < 1.29 is 0 Å². The molecule has 1 aliphatic rings. The zero-order valence-electron chi connectivity index (χ0n) is 10.9. The maximum absolute atomic E-state index is 4.15. The number of nitrogens with one attached hydrogen (secondary N) is 1. The summed E-state index contributed by atoms with van der Waals surface area (Å²) in [4.78, 5) is 4.15. The molecule has 1 heterocycles. The molecule has 2 atom stereocenters. The molecule has 1 N–H and O–H groups in total. The molecule has 0 spiro atoms. The molecule has 1 aromatic heterocycles. The standard InChI is InChI=1S/C15H24N2/c1-2-13-5-3-7-15(11-13)17-10-8-14-6-4-9-16-12-14/h4,6,9,12-13,15,17H,2-3,5,7-8,10-11H2,1H3/t13-,15-/m1/s1. The van der Waals surface area contributed by atoms with Crippen molar-refractivity contribution in [2.24, 2.45) is 5.92 Å². The first kappa shape index (κ1) is 12.6. The van der Waals surface area contributed by atoms with Crippen LogP contribution in [0.5, 0.6) is 0 Å². The summed E-state index contributed by atoms with van der Waals surface area (Å²) in [7, 11) is 0. The Labute approximate surface area is 105 Å². The first-order valence-electron chi connectivity index (χ1n) is 7.00. The third-order valence-electron chi connectivity index (χ3n) is 3.93. The molecule has 2 nitrogen and oxygen atoms in total. The van der Waals surface area contributed by atoms with Crippen molar-refractivity contribution in [3.8, 4) is 0 Å². The van der Waals surface area contributed by atoms with Gasteiger partial charge in [0.1, 0.15) is 0 Å². The van der Waals surface area contributed by atoms with Crippen LogP contribution >= 0.6 is 0 Å². The van der Waals surface area contributed by atoms with Gasteiger partial charge in [-0.1, -0.05) is 32.3 Å². The van der Waals surface area contributed by atoms with Gasteiger partial charge in [-0.05, 0) is 43.4 Å². The molecule has 0 bridgehead atoms. The van der Waals surface area contributed by atoms with Crippen LogP contribution in [0.2, 0.25) is 0 Å². The fourth-order valence-electron chi connectivity index (χ4n) is 2.81. The van der Waals surface area contributed by atoms with Gasteiger partial charge in [0.15, 0.2) is 0 Å². The average Bonchev–Trinajstić information content (AvgIpc) is 2.40. The zero-order valence-corrected chi connectivity index (χ0v) is 10.9. The first-order valence-corrected chi connectivity index (χ1v) is 7.00. The van der Waals surface area contributed by atoms with Gasteiger partial charge in [-0.3, -0.25) is 4.98 Å². The van der Waals surface area contributed by atoms with Crippen molar-refractivity contribution >= 4 is 0 Å². The maximum Gasteiger partial charge on any atom is 0.0300 e. The zero-order chi connectivity index (χ0) is 11.9. The largest absolute Gasteiger partial charge is 0.314 e. The Hall–Kier alpha value is -0.890. The molecule has 94 valence electrons. The Kier molecular flexibility index (Phi) is 4.99. The lowest BCUT2D eigenvalue weighted by atomic mass is 9.84. The van der Waals surface area contributed by atoms with Gasteiger partial charge in [-0.2, -0.15) is 0 Å². The van der Waals surface area contributed by atoms with Crippen LogP contribution in [0.25, 0.3) is 0 Å². The maximum atomic E-state index is 4.15. The molecule has 1 saturated carbocycles. The van der Waals surface area contributed by atoms with E-state index in [9.17, 15) is 0 Å². The van der Waals surface area contributed by atoms with Crippen molar-refractivity contribution in [3.63, 3.8) is 0 Å². The van der Waals surface area contributed by atoms with Crippen LogP contribution in [0.15, 0.2) is 24.5 Å². The Bertz CT molecular complexity index is 310. The second kappa shape index (κ2) is 6.75. The number of hydrogen-bond donors (Lipinski definition) is 1. The number of nitrogens with zero attached hydrogens (tertiary/aromatic N) is 1. The Morgan fingerprint density at radius 3 is 3.12 bits per heavy atom. The molecule has 1 fully saturated rings. The van der Waals surface area contributed by atoms with Crippen molar-refractivity contribution in [3.05, 3.63) is 30.1 Å². The van der Waals surface area contributed by atoms with E-state index >= 15 is 0 Å². The van der Waals surface area contributed by atoms with E-state index in [1.54, 1.807) is 0 Å². The number of pyridine rings is 1. The van der Waals surface area contributed by atoms with Gasteiger partial charge in [-0.15, -0.1) is 0 Å². The van der Waals surface area contributed by atoms with Crippen LogP contribution in [0.4, 0.5) is 0 Å². The first-order chi connectivity index (χ1) is 8.38. The van der Waals surface area contributed by atoms with Crippen molar-refractivity contribution in [2.75, 3.05) is 6.54 Å². The van der Waals surface area contributed by atoms with E-state index in [2.05, 4.69) is 23.3 Å². The molecule has 1 aromatic rings. The molecular formula is C15H24N2. The van der Waals surface area contributed by atoms with Gasteiger partial charge in [0.2, 0.25) is 0 Å². The average molecular weight is 232 g/mol. The minimum absolute atomic E-state index is 0.755. The molecule has 0 aliphatic heterocycles. The van der Waals surface area contributed by atoms with Gasteiger partial charge >= 0.3 is 0 Å². The van der Waals surface area contributed by atoms with Gasteiger partial charge < -0.3 is 5.32 Å². The van der Waals surface area contributed by atoms with E-state index in [1.165, 1.54) is 37.7 Å². The van der Waals surface area contributed by atoms with Crippen molar-refractivity contribution in [1.82, 2.24) is 10.3 Å². The molecule has 2 heteroatoms. The molecule has 0 aromatic carbocycles. The lowest BCUT2D eigenvalue weighted by molar-refractivity contribution is 0.280. The normalized spacial score (nSPS) is 24.8. The van der Waals surface area contributed by atoms with Crippen LogP contribution in [0, 0.1) is 5.92 Å². The second-order valence-electron chi connectivity index (χ2n) is 5.20.